The van der Waals surface area contributed by atoms with Crippen molar-refractivity contribution >= 4 is 33.7 Å². The van der Waals surface area contributed by atoms with E-state index in [-0.39, 0.29) is 18.2 Å². The number of nitrogens with one attached hydrogen (secondary N) is 2. The summed E-state index contributed by atoms with van der Waals surface area (Å²) in [6.45, 7) is 5.32. The van der Waals surface area contributed by atoms with Crippen LogP contribution in [0.4, 0.5) is 4.79 Å². The van der Waals surface area contributed by atoms with Gasteiger partial charge in [0.1, 0.15) is 11.6 Å². The van der Waals surface area contributed by atoms with Gasteiger partial charge in [0.15, 0.2) is 0 Å². The molecule has 0 bridgehead atoms. The van der Waals surface area contributed by atoms with Crippen molar-refractivity contribution in [1.29, 1.82) is 5.53 Å². The lowest BCUT2D eigenvalue weighted by Crippen LogP contribution is -2.45. The van der Waals surface area contributed by atoms with Crippen LogP contribution in [0.2, 0.25) is 0 Å². The molecule has 1 amide bonds. The van der Waals surface area contributed by atoms with Crippen molar-refractivity contribution in [3.05, 3.63) is 0 Å². The zero-order valence-electron chi connectivity index (χ0n) is 12.0. The fraction of sp³-hybridized carbons (Fsp3) is 0.818. The van der Waals surface area contributed by atoms with Crippen LogP contribution in [0.25, 0.3) is 0 Å². The number of alkyl carbamates (subject to hydrolysis) is 1. The Labute approximate surface area is 126 Å². The van der Waals surface area contributed by atoms with E-state index >= 15 is 0 Å². The van der Waals surface area contributed by atoms with Crippen LogP contribution in [0.3, 0.4) is 0 Å². The topological polar surface area (TPSA) is 112 Å². The number of carboxylic acids is 1. The third-order valence-corrected chi connectivity index (χ3v) is 4.21. The third-order valence-electron chi connectivity index (χ3n) is 2.01. The Bertz CT molecular complexity index is 347. The summed E-state index contributed by atoms with van der Waals surface area (Å²) in [6, 6.07) is -1.06. The number of amides is 1. The number of hydrogen-bond donors (Lipinski definition) is 3. The van der Waals surface area contributed by atoms with E-state index in [2.05, 4.69) is 10.4 Å². The van der Waals surface area contributed by atoms with Gasteiger partial charge in [-0.2, -0.15) is 5.11 Å². The van der Waals surface area contributed by atoms with Gasteiger partial charge in [-0.05, 0) is 33.4 Å². The highest BCUT2D eigenvalue weighted by molar-refractivity contribution is 8.76. The Morgan fingerprint density at radius 1 is 1.45 bits per heavy atom. The zero-order valence-corrected chi connectivity index (χ0v) is 13.6. The van der Waals surface area contributed by atoms with Crippen molar-refractivity contribution in [1.82, 2.24) is 5.32 Å². The minimum Gasteiger partial charge on any atom is -0.480 e. The number of carbonyl (C=O) groups is 2. The minimum atomic E-state index is -1.13. The molecule has 0 aliphatic carbocycles. The van der Waals surface area contributed by atoms with E-state index in [4.69, 9.17) is 15.4 Å². The van der Waals surface area contributed by atoms with Crippen molar-refractivity contribution < 1.29 is 19.4 Å². The van der Waals surface area contributed by atoms with Gasteiger partial charge in [0.2, 0.25) is 0 Å². The molecule has 0 spiro atoms. The summed E-state index contributed by atoms with van der Waals surface area (Å²) < 4.78 is 5.03. The highest BCUT2D eigenvalue weighted by atomic mass is 33.1. The van der Waals surface area contributed by atoms with Crippen LogP contribution >= 0.6 is 21.6 Å². The molecule has 3 N–H and O–H groups in total. The van der Waals surface area contributed by atoms with Crippen molar-refractivity contribution in [2.24, 2.45) is 5.11 Å². The molecule has 20 heavy (non-hydrogen) atoms. The number of carbonyl (C=O) groups excluding carboxylic acids is 1. The molecule has 0 aromatic heterocycles. The first-order valence-electron chi connectivity index (χ1n) is 5.94. The first kappa shape index (κ1) is 19.0. The number of rotatable bonds is 8. The lowest BCUT2D eigenvalue weighted by Gasteiger charge is -2.23. The summed E-state index contributed by atoms with van der Waals surface area (Å²) >= 11 is 0. The maximum absolute atomic E-state index is 11.6. The average molecular weight is 323 g/mol. The Morgan fingerprint density at radius 2 is 2.05 bits per heavy atom. The fourth-order valence-corrected chi connectivity index (χ4v) is 3.23. The molecule has 0 aliphatic rings. The van der Waals surface area contributed by atoms with Gasteiger partial charge < -0.3 is 15.2 Å². The molecule has 0 saturated heterocycles. The molecule has 0 fully saturated rings. The first-order valence-corrected chi connectivity index (χ1v) is 8.56. The van der Waals surface area contributed by atoms with E-state index in [0.717, 1.165) is 0 Å². The van der Waals surface area contributed by atoms with Gasteiger partial charge in [0.25, 0.3) is 0 Å². The lowest BCUT2D eigenvalue weighted by molar-refractivity contribution is -0.139. The second-order valence-corrected chi connectivity index (χ2v) is 7.77. The SMILES string of the molecule is CSSC(CN=N)C[C@H](NC(=O)OC(C)(C)C)C(=O)O. The molecule has 9 heteroatoms. The Kier molecular flexibility index (Phi) is 8.63. The second kappa shape index (κ2) is 9.06. The second-order valence-electron chi connectivity index (χ2n) is 5.00. The fourth-order valence-electron chi connectivity index (χ4n) is 1.32. The number of nitrogens with zero attached hydrogens (tertiary/aromatic N) is 1. The van der Waals surface area contributed by atoms with Crippen LogP contribution in [0, 0.1) is 5.53 Å². The van der Waals surface area contributed by atoms with Crippen molar-refractivity contribution in [2.45, 2.75) is 44.1 Å². The largest absolute Gasteiger partial charge is 0.480 e. The van der Waals surface area contributed by atoms with Crippen LogP contribution in [0.5, 0.6) is 0 Å². The highest BCUT2D eigenvalue weighted by Crippen LogP contribution is 2.27. The minimum absolute atomic E-state index is 0.154. The molecule has 1 unspecified atom stereocenters. The molecule has 0 rings (SSSR count). The van der Waals surface area contributed by atoms with Crippen molar-refractivity contribution in [2.75, 3.05) is 12.8 Å². The maximum atomic E-state index is 11.6. The molecule has 116 valence electrons. The van der Waals surface area contributed by atoms with Gasteiger partial charge >= 0.3 is 12.1 Å². The van der Waals surface area contributed by atoms with Crippen LogP contribution in [0.1, 0.15) is 27.2 Å². The van der Waals surface area contributed by atoms with E-state index in [1.807, 2.05) is 6.26 Å². The summed E-state index contributed by atoms with van der Waals surface area (Å²) in [7, 11) is 2.90. The van der Waals surface area contributed by atoms with Crippen LogP contribution in [-0.2, 0) is 9.53 Å². The summed E-state index contributed by atoms with van der Waals surface area (Å²) in [6.07, 6.45) is 1.28. The highest BCUT2D eigenvalue weighted by Gasteiger charge is 2.27. The third kappa shape index (κ3) is 9.03. The molecule has 0 radical (unpaired) electrons. The quantitative estimate of drug-likeness (QED) is 0.468. The predicted octanol–water partition coefficient (Wildman–Crippen LogP) is 2.77. The van der Waals surface area contributed by atoms with Crippen LogP contribution < -0.4 is 5.32 Å². The number of carboxylic acid groups (broad SMARTS) is 1. The van der Waals surface area contributed by atoms with E-state index in [0.29, 0.717) is 0 Å². The van der Waals surface area contributed by atoms with Gasteiger partial charge in [-0.25, -0.2) is 15.1 Å². The number of aliphatic carboxylic acids is 1. The van der Waals surface area contributed by atoms with Gasteiger partial charge in [-0.3, -0.25) is 0 Å². The Hall–Kier alpha value is -0.960. The van der Waals surface area contributed by atoms with Crippen LogP contribution in [0.15, 0.2) is 5.11 Å². The summed E-state index contributed by atoms with van der Waals surface area (Å²) in [5, 5.41) is 14.6. The lowest BCUT2D eigenvalue weighted by atomic mass is 10.1. The summed E-state index contributed by atoms with van der Waals surface area (Å²) in [4.78, 5) is 22.8. The van der Waals surface area contributed by atoms with E-state index in [9.17, 15) is 9.59 Å². The average Bonchev–Trinajstić information content (AvgIpc) is 2.25. The van der Waals surface area contributed by atoms with Gasteiger partial charge in [-0.1, -0.05) is 21.6 Å². The molecular weight excluding hydrogens is 302 g/mol. The van der Waals surface area contributed by atoms with Crippen molar-refractivity contribution in [3.8, 4) is 0 Å². The molecule has 0 heterocycles. The van der Waals surface area contributed by atoms with E-state index in [1.165, 1.54) is 21.6 Å². The maximum Gasteiger partial charge on any atom is 0.408 e. The summed E-state index contributed by atoms with van der Waals surface area (Å²) in [5.41, 5.74) is 6.18. The van der Waals surface area contributed by atoms with Crippen LogP contribution in [-0.4, -0.2) is 46.9 Å². The van der Waals surface area contributed by atoms with E-state index in [1.54, 1.807) is 20.8 Å². The first-order chi connectivity index (χ1) is 9.19. The molecule has 2 atom stereocenters. The molecule has 7 nitrogen and oxygen atoms in total. The Morgan fingerprint density at radius 3 is 2.45 bits per heavy atom. The molecule has 0 aromatic rings. The van der Waals surface area contributed by atoms with Gasteiger partial charge in [0.05, 0.1) is 6.54 Å². The Balaban J connectivity index is 4.59. The predicted molar refractivity (Wildman–Crippen MR) is 80.3 cm³/mol. The molecule has 0 aliphatic heterocycles. The standard InChI is InChI=1S/C11H21N3O4S2/c1-11(2,3)18-10(17)14-8(9(15)16)5-7(6-13-12)20-19-4/h7-8,12H,5-6H2,1-4H3,(H,14,17)(H,15,16)/t7?,8-/m0/s1. The summed E-state index contributed by atoms with van der Waals surface area (Å²) in [5.74, 6) is -1.13. The molecular formula is C11H21N3O4S2. The van der Waals surface area contributed by atoms with E-state index < -0.39 is 23.7 Å². The van der Waals surface area contributed by atoms with Gasteiger partial charge in [-0.15, -0.1) is 0 Å². The molecule has 0 saturated carbocycles. The zero-order chi connectivity index (χ0) is 15.8. The monoisotopic (exact) mass is 323 g/mol. The normalized spacial score (nSPS) is 14.2. The van der Waals surface area contributed by atoms with Gasteiger partial charge in [0, 0.05) is 5.25 Å². The number of hydrogen-bond acceptors (Lipinski definition) is 7. The smallest absolute Gasteiger partial charge is 0.408 e. The number of ether oxygens (including phenoxy) is 1. The van der Waals surface area contributed by atoms with Crippen molar-refractivity contribution in [3.63, 3.8) is 0 Å². The molecule has 0 aromatic carbocycles.